The largest absolute Gasteiger partial charge is 0.325 e. The second-order valence-electron chi connectivity index (χ2n) is 4.45. The van der Waals surface area contributed by atoms with E-state index in [0.29, 0.717) is 6.67 Å². The number of hydrogen-bond acceptors (Lipinski definition) is 4. The third-order valence-electron chi connectivity index (χ3n) is 2.74. The first kappa shape index (κ1) is 13.4. The third-order valence-corrected chi connectivity index (χ3v) is 3.83. The minimum atomic E-state index is -3.04. The average Bonchev–Trinajstić information content (AvgIpc) is 2.46. The fraction of sp³-hybridized carbons (Fsp3) is 0.900. The van der Waals surface area contributed by atoms with Gasteiger partial charge in [0.05, 0.1) is 18.5 Å². The van der Waals surface area contributed by atoms with Crippen LogP contribution in [0, 0.1) is 0 Å². The number of hydrogen-bond donors (Lipinski definition) is 1. The molecule has 1 heterocycles. The molecule has 5 nitrogen and oxygen atoms in total. The van der Waals surface area contributed by atoms with Crippen LogP contribution in [0.3, 0.4) is 0 Å². The van der Waals surface area contributed by atoms with Gasteiger partial charge in [-0.15, -0.1) is 0 Å². The lowest BCUT2D eigenvalue weighted by Gasteiger charge is -2.23. The number of carbonyl (C=O) groups excluding carboxylic acids is 1. The molecule has 0 spiro atoms. The van der Waals surface area contributed by atoms with Gasteiger partial charge in [-0.2, -0.15) is 0 Å². The van der Waals surface area contributed by atoms with Gasteiger partial charge in [-0.3, -0.25) is 10.1 Å². The first-order chi connectivity index (χ1) is 7.35. The van der Waals surface area contributed by atoms with Crippen molar-refractivity contribution in [3.63, 3.8) is 0 Å². The lowest BCUT2D eigenvalue weighted by Crippen LogP contribution is -2.40. The van der Waals surface area contributed by atoms with Crippen LogP contribution in [0.5, 0.6) is 0 Å². The molecule has 1 N–H and O–H groups in total. The number of amides is 1. The SMILES string of the molecule is CCCC1NCN(C(C)CS(C)(=O)=O)C1=O. The summed E-state index contributed by atoms with van der Waals surface area (Å²) in [5, 5.41) is 3.11. The van der Waals surface area contributed by atoms with Crippen molar-refractivity contribution in [1.29, 1.82) is 0 Å². The van der Waals surface area contributed by atoms with E-state index in [2.05, 4.69) is 5.32 Å². The maximum atomic E-state index is 11.9. The van der Waals surface area contributed by atoms with Gasteiger partial charge in [0.15, 0.2) is 0 Å². The summed E-state index contributed by atoms with van der Waals surface area (Å²) in [4.78, 5) is 13.5. The van der Waals surface area contributed by atoms with E-state index in [0.717, 1.165) is 12.8 Å². The summed E-state index contributed by atoms with van der Waals surface area (Å²) in [5.74, 6) is 0.0530. The Labute approximate surface area is 97.1 Å². The zero-order valence-corrected chi connectivity index (χ0v) is 10.9. The van der Waals surface area contributed by atoms with E-state index < -0.39 is 9.84 Å². The fourth-order valence-corrected chi connectivity index (χ4v) is 3.05. The quantitative estimate of drug-likeness (QED) is 0.742. The Morgan fingerprint density at radius 3 is 2.69 bits per heavy atom. The monoisotopic (exact) mass is 248 g/mol. The highest BCUT2D eigenvalue weighted by atomic mass is 32.2. The third kappa shape index (κ3) is 3.45. The van der Waals surface area contributed by atoms with Crippen molar-refractivity contribution in [2.75, 3.05) is 18.7 Å². The first-order valence-electron chi connectivity index (χ1n) is 5.56. The Morgan fingerprint density at radius 2 is 2.19 bits per heavy atom. The van der Waals surface area contributed by atoms with Crippen LogP contribution in [0.2, 0.25) is 0 Å². The summed E-state index contributed by atoms with van der Waals surface area (Å²) in [7, 11) is -3.04. The van der Waals surface area contributed by atoms with Crippen molar-refractivity contribution < 1.29 is 13.2 Å². The highest BCUT2D eigenvalue weighted by Gasteiger charge is 2.33. The lowest BCUT2D eigenvalue weighted by atomic mass is 10.1. The van der Waals surface area contributed by atoms with E-state index in [1.54, 1.807) is 11.8 Å². The minimum absolute atomic E-state index is 0.0259. The zero-order chi connectivity index (χ0) is 12.3. The molecule has 1 rings (SSSR count). The van der Waals surface area contributed by atoms with Crippen LogP contribution in [-0.4, -0.2) is 50.0 Å². The van der Waals surface area contributed by atoms with Crippen LogP contribution < -0.4 is 5.32 Å². The van der Waals surface area contributed by atoms with E-state index in [4.69, 9.17) is 0 Å². The van der Waals surface area contributed by atoms with Crippen LogP contribution >= 0.6 is 0 Å². The molecule has 0 aromatic rings. The van der Waals surface area contributed by atoms with Gasteiger partial charge >= 0.3 is 0 Å². The Balaban J connectivity index is 2.59. The van der Waals surface area contributed by atoms with Crippen molar-refractivity contribution >= 4 is 15.7 Å². The van der Waals surface area contributed by atoms with Gasteiger partial charge in [-0.1, -0.05) is 13.3 Å². The Kier molecular flexibility index (Phi) is 4.32. The van der Waals surface area contributed by atoms with Crippen molar-refractivity contribution in [3.8, 4) is 0 Å². The molecule has 0 saturated carbocycles. The summed E-state index contributed by atoms with van der Waals surface area (Å²) in [6.07, 6.45) is 2.94. The van der Waals surface area contributed by atoms with Crippen LogP contribution in [0.25, 0.3) is 0 Å². The van der Waals surface area contributed by atoms with Crippen LogP contribution in [0.1, 0.15) is 26.7 Å². The summed E-state index contributed by atoms with van der Waals surface area (Å²) in [5.41, 5.74) is 0. The van der Waals surface area contributed by atoms with Gasteiger partial charge in [0.2, 0.25) is 5.91 Å². The molecular weight excluding hydrogens is 228 g/mol. The van der Waals surface area contributed by atoms with Crippen molar-refractivity contribution in [2.24, 2.45) is 0 Å². The molecule has 1 amide bonds. The van der Waals surface area contributed by atoms with E-state index in [1.165, 1.54) is 6.26 Å². The molecule has 2 unspecified atom stereocenters. The van der Waals surface area contributed by atoms with Gasteiger partial charge in [-0.05, 0) is 13.3 Å². The Morgan fingerprint density at radius 1 is 1.56 bits per heavy atom. The molecule has 0 aliphatic carbocycles. The molecule has 0 bridgehead atoms. The molecule has 2 atom stereocenters. The maximum Gasteiger partial charge on any atom is 0.241 e. The first-order valence-corrected chi connectivity index (χ1v) is 7.62. The molecular formula is C10H20N2O3S. The van der Waals surface area contributed by atoms with E-state index in [1.807, 2.05) is 6.92 Å². The smallest absolute Gasteiger partial charge is 0.241 e. The Hall–Kier alpha value is -0.620. The number of rotatable bonds is 5. The molecule has 6 heteroatoms. The summed E-state index contributed by atoms with van der Waals surface area (Å²) >= 11 is 0. The van der Waals surface area contributed by atoms with E-state index in [9.17, 15) is 13.2 Å². The standard InChI is InChI=1S/C10H20N2O3S/c1-4-5-9-10(13)12(7-11-9)8(2)6-16(3,14)15/h8-9,11H,4-7H2,1-3H3. The molecule has 1 fully saturated rings. The normalized spacial score (nSPS) is 23.8. The average molecular weight is 248 g/mol. The number of nitrogens with one attached hydrogen (secondary N) is 1. The predicted molar refractivity (Wildman–Crippen MR) is 62.7 cm³/mol. The van der Waals surface area contributed by atoms with Crippen LogP contribution in [0.4, 0.5) is 0 Å². The van der Waals surface area contributed by atoms with Crippen molar-refractivity contribution in [2.45, 2.75) is 38.8 Å². The molecule has 0 aromatic heterocycles. The van der Waals surface area contributed by atoms with Crippen molar-refractivity contribution in [1.82, 2.24) is 10.2 Å². The number of sulfone groups is 1. The van der Waals surface area contributed by atoms with Crippen LogP contribution in [0.15, 0.2) is 0 Å². The highest BCUT2D eigenvalue weighted by molar-refractivity contribution is 7.90. The zero-order valence-electron chi connectivity index (χ0n) is 10.1. The maximum absolute atomic E-state index is 11.9. The minimum Gasteiger partial charge on any atom is -0.325 e. The van der Waals surface area contributed by atoms with Gasteiger partial charge in [0.25, 0.3) is 0 Å². The molecule has 94 valence electrons. The predicted octanol–water partition coefficient (Wildman–Crippen LogP) is -0.0225. The molecule has 1 saturated heterocycles. The summed E-state index contributed by atoms with van der Waals surface area (Å²) < 4.78 is 22.3. The van der Waals surface area contributed by atoms with Crippen molar-refractivity contribution in [3.05, 3.63) is 0 Å². The topological polar surface area (TPSA) is 66.5 Å². The Bertz CT molecular complexity index is 353. The van der Waals surface area contributed by atoms with E-state index in [-0.39, 0.29) is 23.7 Å². The van der Waals surface area contributed by atoms with Crippen LogP contribution in [-0.2, 0) is 14.6 Å². The highest BCUT2D eigenvalue weighted by Crippen LogP contribution is 2.13. The van der Waals surface area contributed by atoms with Gasteiger partial charge in [-0.25, -0.2) is 8.42 Å². The molecule has 1 aliphatic rings. The number of nitrogens with zero attached hydrogens (tertiary/aromatic N) is 1. The fourth-order valence-electron chi connectivity index (χ4n) is 1.99. The second kappa shape index (κ2) is 5.14. The summed E-state index contributed by atoms with van der Waals surface area (Å²) in [6, 6.07) is -0.385. The summed E-state index contributed by atoms with van der Waals surface area (Å²) in [6.45, 7) is 4.26. The van der Waals surface area contributed by atoms with Gasteiger partial charge < -0.3 is 4.90 Å². The van der Waals surface area contributed by atoms with Gasteiger partial charge in [0.1, 0.15) is 9.84 Å². The van der Waals surface area contributed by atoms with Gasteiger partial charge in [0, 0.05) is 12.3 Å². The second-order valence-corrected chi connectivity index (χ2v) is 6.64. The molecule has 1 aliphatic heterocycles. The molecule has 0 radical (unpaired) electrons. The number of carbonyl (C=O) groups is 1. The van der Waals surface area contributed by atoms with E-state index >= 15 is 0 Å². The lowest BCUT2D eigenvalue weighted by molar-refractivity contribution is -0.130. The molecule has 0 aromatic carbocycles. The molecule has 16 heavy (non-hydrogen) atoms.